The Morgan fingerprint density at radius 3 is 2.45 bits per heavy atom. The number of nitrogens with one attached hydrogen (secondary N) is 1. The summed E-state index contributed by atoms with van der Waals surface area (Å²) in [4.78, 5) is 9.30. The van der Waals surface area contributed by atoms with E-state index < -0.39 is 0 Å². The molecular formula is C18H30N4. The highest BCUT2D eigenvalue weighted by atomic mass is 15.3. The molecule has 1 saturated heterocycles. The van der Waals surface area contributed by atoms with Gasteiger partial charge in [0.2, 0.25) is 0 Å². The largest absolute Gasteiger partial charge is 0.378 e. The lowest BCUT2D eigenvalue weighted by atomic mass is 10.1. The molecule has 0 saturated carbocycles. The van der Waals surface area contributed by atoms with Gasteiger partial charge < -0.3 is 15.1 Å². The summed E-state index contributed by atoms with van der Waals surface area (Å²) in [5.41, 5.74) is 2.65. The van der Waals surface area contributed by atoms with Crippen molar-refractivity contribution in [2.45, 2.75) is 32.6 Å². The number of aliphatic imine (C=N–C) groups is 1. The van der Waals surface area contributed by atoms with Gasteiger partial charge in [-0.05, 0) is 50.3 Å². The Labute approximate surface area is 135 Å². The van der Waals surface area contributed by atoms with E-state index in [1.54, 1.807) is 0 Å². The summed E-state index contributed by atoms with van der Waals surface area (Å²) in [5, 5.41) is 3.41. The van der Waals surface area contributed by atoms with Crippen LogP contribution in [0, 0.1) is 0 Å². The van der Waals surface area contributed by atoms with Gasteiger partial charge in [0.25, 0.3) is 0 Å². The molecule has 4 nitrogen and oxygen atoms in total. The Morgan fingerprint density at radius 1 is 1.18 bits per heavy atom. The molecule has 0 radical (unpaired) electrons. The maximum Gasteiger partial charge on any atom is 0.193 e. The minimum absolute atomic E-state index is 0.897. The van der Waals surface area contributed by atoms with Crippen LogP contribution >= 0.6 is 0 Å². The zero-order valence-corrected chi connectivity index (χ0v) is 14.3. The first kappa shape index (κ1) is 16.7. The number of guanidine groups is 1. The summed E-state index contributed by atoms with van der Waals surface area (Å²) >= 11 is 0. The van der Waals surface area contributed by atoms with Crippen molar-refractivity contribution in [3.63, 3.8) is 0 Å². The van der Waals surface area contributed by atoms with Crippen LogP contribution in [0.5, 0.6) is 0 Å². The molecule has 4 heteroatoms. The predicted molar refractivity (Wildman–Crippen MR) is 95.9 cm³/mol. The van der Waals surface area contributed by atoms with Crippen molar-refractivity contribution in [1.29, 1.82) is 0 Å². The number of nitrogens with zero attached hydrogens (tertiary/aromatic N) is 3. The van der Waals surface area contributed by atoms with Gasteiger partial charge in [0.1, 0.15) is 0 Å². The molecule has 1 N–H and O–H groups in total. The minimum atomic E-state index is 0.897. The van der Waals surface area contributed by atoms with Gasteiger partial charge in [0.05, 0.1) is 0 Å². The Balaban J connectivity index is 1.79. The second kappa shape index (κ2) is 8.66. The maximum absolute atomic E-state index is 4.78. The van der Waals surface area contributed by atoms with Crippen LogP contribution in [-0.2, 0) is 6.42 Å². The van der Waals surface area contributed by atoms with E-state index in [1.807, 2.05) is 0 Å². The standard InChI is InChI=1S/C18H30N4/c1-4-19-18(22-14-5-6-15-22)20-13-7-8-16-9-11-17(12-10-16)21(2)3/h9-12H,4-8,13-15H2,1-3H3,(H,19,20). The maximum atomic E-state index is 4.78. The Bertz CT molecular complexity index is 458. The monoisotopic (exact) mass is 302 g/mol. The van der Waals surface area contributed by atoms with E-state index in [2.05, 4.69) is 60.4 Å². The van der Waals surface area contributed by atoms with Gasteiger partial charge in [-0.25, -0.2) is 0 Å². The number of rotatable bonds is 6. The molecule has 0 amide bonds. The predicted octanol–water partition coefficient (Wildman–Crippen LogP) is 2.75. The highest BCUT2D eigenvalue weighted by Gasteiger charge is 2.14. The molecule has 1 aromatic carbocycles. The zero-order chi connectivity index (χ0) is 15.8. The zero-order valence-electron chi connectivity index (χ0n) is 14.3. The second-order valence-electron chi connectivity index (χ2n) is 6.09. The van der Waals surface area contributed by atoms with Crippen LogP contribution in [0.4, 0.5) is 5.69 Å². The topological polar surface area (TPSA) is 30.9 Å². The van der Waals surface area contributed by atoms with Gasteiger partial charge in [-0.2, -0.15) is 0 Å². The smallest absolute Gasteiger partial charge is 0.193 e. The normalized spacial score (nSPS) is 15.2. The number of anilines is 1. The van der Waals surface area contributed by atoms with Crippen LogP contribution < -0.4 is 10.2 Å². The highest BCUT2D eigenvalue weighted by molar-refractivity contribution is 5.80. The highest BCUT2D eigenvalue weighted by Crippen LogP contribution is 2.13. The van der Waals surface area contributed by atoms with Gasteiger partial charge >= 0.3 is 0 Å². The molecule has 0 atom stereocenters. The molecule has 0 aromatic heterocycles. The molecule has 1 fully saturated rings. The number of hydrogen-bond donors (Lipinski definition) is 1. The molecule has 122 valence electrons. The van der Waals surface area contributed by atoms with Crippen LogP contribution in [0.1, 0.15) is 31.7 Å². The van der Waals surface area contributed by atoms with Gasteiger partial charge in [-0.3, -0.25) is 4.99 Å². The van der Waals surface area contributed by atoms with Crippen molar-refractivity contribution in [3.05, 3.63) is 29.8 Å². The third kappa shape index (κ3) is 4.93. The molecule has 0 aliphatic carbocycles. The first-order chi connectivity index (χ1) is 10.7. The van der Waals surface area contributed by atoms with Crippen molar-refractivity contribution in [2.24, 2.45) is 4.99 Å². The number of likely N-dealkylation sites (tertiary alicyclic amines) is 1. The van der Waals surface area contributed by atoms with Crippen LogP contribution in [0.2, 0.25) is 0 Å². The summed E-state index contributed by atoms with van der Waals surface area (Å²) in [7, 11) is 4.15. The first-order valence-electron chi connectivity index (χ1n) is 8.50. The quantitative estimate of drug-likeness (QED) is 0.498. The van der Waals surface area contributed by atoms with Crippen molar-refractivity contribution < 1.29 is 0 Å². The summed E-state index contributed by atoms with van der Waals surface area (Å²) in [6.07, 6.45) is 4.78. The van der Waals surface area contributed by atoms with Crippen molar-refractivity contribution in [3.8, 4) is 0 Å². The van der Waals surface area contributed by atoms with Crippen molar-refractivity contribution in [1.82, 2.24) is 10.2 Å². The van der Waals surface area contributed by atoms with Crippen molar-refractivity contribution >= 4 is 11.6 Å². The summed E-state index contributed by atoms with van der Waals surface area (Å²) in [6, 6.07) is 8.83. The molecule has 1 aliphatic rings. The molecule has 22 heavy (non-hydrogen) atoms. The van der Waals surface area contributed by atoms with Gasteiger partial charge in [-0.1, -0.05) is 12.1 Å². The fourth-order valence-electron chi connectivity index (χ4n) is 2.78. The van der Waals surface area contributed by atoms with Crippen molar-refractivity contribution in [2.75, 3.05) is 45.2 Å². The minimum Gasteiger partial charge on any atom is -0.378 e. The third-order valence-electron chi connectivity index (χ3n) is 4.08. The number of benzene rings is 1. The Hall–Kier alpha value is -1.71. The van der Waals surface area contributed by atoms with E-state index in [0.29, 0.717) is 0 Å². The lowest BCUT2D eigenvalue weighted by Gasteiger charge is -2.20. The lowest BCUT2D eigenvalue weighted by Crippen LogP contribution is -2.39. The fraction of sp³-hybridized carbons (Fsp3) is 0.611. The molecule has 0 spiro atoms. The van der Waals surface area contributed by atoms with Crippen LogP contribution in [0.15, 0.2) is 29.3 Å². The molecule has 2 rings (SSSR count). The van der Waals surface area contributed by atoms with Gasteiger partial charge in [0, 0.05) is 46.0 Å². The van der Waals surface area contributed by atoms with Gasteiger partial charge in [0.15, 0.2) is 5.96 Å². The van der Waals surface area contributed by atoms with E-state index in [0.717, 1.165) is 45.0 Å². The summed E-state index contributed by atoms with van der Waals surface area (Å²) in [5.74, 6) is 1.10. The number of aryl methyl sites for hydroxylation is 1. The van der Waals surface area contributed by atoms with E-state index in [9.17, 15) is 0 Å². The second-order valence-corrected chi connectivity index (χ2v) is 6.09. The van der Waals surface area contributed by atoms with E-state index in [1.165, 1.54) is 24.1 Å². The Kier molecular flexibility index (Phi) is 6.56. The average Bonchev–Trinajstić information content (AvgIpc) is 3.05. The summed E-state index contributed by atoms with van der Waals surface area (Å²) < 4.78 is 0. The first-order valence-corrected chi connectivity index (χ1v) is 8.50. The van der Waals surface area contributed by atoms with Crippen LogP contribution in [0.25, 0.3) is 0 Å². The molecular weight excluding hydrogens is 272 g/mol. The average molecular weight is 302 g/mol. The molecule has 0 unspecified atom stereocenters. The van der Waals surface area contributed by atoms with E-state index >= 15 is 0 Å². The lowest BCUT2D eigenvalue weighted by molar-refractivity contribution is 0.493. The number of hydrogen-bond acceptors (Lipinski definition) is 2. The van der Waals surface area contributed by atoms with Crippen LogP contribution in [-0.4, -0.2) is 51.1 Å². The van der Waals surface area contributed by atoms with Crippen LogP contribution in [0.3, 0.4) is 0 Å². The Morgan fingerprint density at radius 2 is 1.86 bits per heavy atom. The molecule has 1 aromatic rings. The van der Waals surface area contributed by atoms with E-state index in [-0.39, 0.29) is 0 Å². The third-order valence-corrected chi connectivity index (χ3v) is 4.08. The molecule has 1 heterocycles. The fourth-order valence-corrected chi connectivity index (χ4v) is 2.78. The van der Waals surface area contributed by atoms with Gasteiger partial charge in [-0.15, -0.1) is 0 Å². The van der Waals surface area contributed by atoms with E-state index in [4.69, 9.17) is 4.99 Å². The summed E-state index contributed by atoms with van der Waals surface area (Å²) in [6.45, 7) is 6.28. The molecule has 1 aliphatic heterocycles. The molecule has 0 bridgehead atoms. The SMILES string of the molecule is CCNC(=NCCCc1ccc(N(C)C)cc1)N1CCCC1.